The zero-order chi connectivity index (χ0) is 27.1. The van der Waals surface area contributed by atoms with Crippen molar-refractivity contribution in [1.29, 1.82) is 0 Å². The van der Waals surface area contributed by atoms with Gasteiger partial charge < -0.3 is 24.3 Å². The maximum absolute atomic E-state index is 14.1. The summed E-state index contributed by atoms with van der Waals surface area (Å²) in [5.74, 6) is 2.09. The lowest BCUT2D eigenvalue weighted by Crippen LogP contribution is -2.38. The molecule has 4 aromatic rings. The van der Waals surface area contributed by atoms with Gasteiger partial charge in [-0.3, -0.25) is 4.52 Å². The number of hydrogen-bond acceptors (Lipinski definition) is 11. The van der Waals surface area contributed by atoms with Crippen molar-refractivity contribution in [3.63, 3.8) is 0 Å². The Balaban J connectivity index is 1.27. The largest absolute Gasteiger partial charge is 0.423 e. The summed E-state index contributed by atoms with van der Waals surface area (Å²) in [7, 11) is -0.355. The number of rotatable bonds is 12. The summed E-state index contributed by atoms with van der Waals surface area (Å²) >= 11 is 0. The van der Waals surface area contributed by atoms with Crippen LogP contribution in [-0.2, 0) is 31.7 Å². The Labute approximate surface area is 234 Å². The Hall–Kier alpha value is -2.60. The van der Waals surface area contributed by atoms with Crippen molar-refractivity contribution in [3.05, 3.63) is 78.9 Å². The van der Waals surface area contributed by atoms with Gasteiger partial charge in [0.25, 0.3) is 0 Å². The van der Waals surface area contributed by atoms with E-state index in [1.54, 1.807) is 40.0 Å². The van der Waals surface area contributed by atoms with Crippen molar-refractivity contribution < 1.29 is 23.1 Å². The van der Waals surface area contributed by atoms with Gasteiger partial charge in [0.15, 0.2) is 17.8 Å². The SMILES string of the molecule is C[C@H](Cn1cnc2c(N)ncnc21)OCP(=O)(Oc1ccccc1)OC1CSSC[C@H]1OCc1ccccc1. The predicted octanol–water partition coefficient (Wildman–Crippen LogP) is 5.41. The second-order valence-electron chi connectivity index (χ2n) is 9.00. The van der Waals surface area contributed by atoms with Gasteiger partial charge in [0.2, 0.25) is 0 Å². The van der Waals surface area contributed by atoms with E-state index >= 15 is 0 Å². The monoisotopic (exact) mass is 587 g/mol. The predicted molar refractivity (Wildman–Crippen MR) is 155 cm³/mol. The van der Waals surface area contributed by atoms with Crippen molar-refractivity contribution in [3.8, 4) is 5.75 Å². The highest BCUT2D eigenvalue weighted by Crippen LogP contribution is 2.52. The Kier molecular flexibility index (Phi) is 9.44. The van der Waals surface area contributed by atoms with E-state index in [1.165, 1.54) is 6.33 Å². The van der Waals surface area contributed by atoms with Crippen molar-refractivity contribution in [2.45, 2.75) is 38.4 Å². The highest BCUT2D eigenvalue weighted by atomic mass is 33.1. The molecular formula is C26H30N5O5PS2. The highest BCUT2D eigenvalue weighted by Gasteiger charge is 2.38. The molecule has 2 aromatic carbocycles. The lowest BCUT2D eigenvalue weighted by atomic mass is 10.2. The molecular weight excluding hydrogens is 557 g/mol. The fraction of sp³-hybridized carbons (Fsp3) is 0.346. The molecule has 2 unspecified atom stereocenters. The van der Waals surface area contributed by atoms with Crippen LogP contribution in [0.1, 0.15) is 12.5 Å². The van der Waals surface area contributed by atoms with E-state index in [4.69, 9.17) is 24.3 Å². The summed E-state index contributed by atoms with van der Waals surface area (Å²) in [5.41, 5.74) is 8.10. The topological polar surface area (TPSA) is 124 Å². The van der Waals surface area contributed by atoms with Crippen LogP contribution in [0.15, 0.2) is 73.3 Å². The van der Waals surface area contributed by atoms with Crippen LogP contribution < -0.4 is 10.3 Å². The number of nitrogen functional groups attached to an aromatic ring is 1. The summed E-state index contributed by atoms with van der Waals surface area (Å²) in [6.07, 6.45) is 1.78. The van der Waals surface area contributed by atoms with Gasteiger partial charge >= 0.3 is 7.60 Å². The molecule has 39 heavy (non-hydrogen) atoms. The fourth-order valence-corrected chi connectivity index (χ4v) is 8.18. The fourth-order valence-electron chi connectivity index (χ4n) is 3.98. The van der Waals surface area contributed by atoms with Gasteiger partial charge in [-0.25, -0.2) is 19.5 Å². The van der Waals surface area contributed by atoms with Gasteiger partial charge in [0.05, 0.1) is 31.7 Å². The number of anilines is 1. The van der Waals surface area contributed by atoms with Crippen LogP contribution in [0, 0.1) is 0 Å². The molecule has 206 valence electrons. The van der Waals surface area contributed by atoms with Crippen LogP contribution in [0.25, 0.3) is 11.2 Å². The number of aromatic nitrogens is 4. The number of hydrogen-bond donors (Lipinski definition) is 1. The van der Waals surface area contributed by atoms with E-state index in [9.17, 15) is 4.57 Å². The molecule has 2 N–H and O–H groups in total. The van der Waals surface area contributed by atoms with E-state index in [1.807, 2.05) is 60.0 Å². The number of nitrogens with zero attached hydrogens (tertiary/aromatic N) is 4. The first-order valence-corrected chi connectivity index (χ1v) is 16.7. The lowest BCUT2D eigenvalue weighted by Gasteiger charge is -2.33. The van der Waals surface area contributed by atoms with Crippen molar-refractivity contribution >= 4 is 46.2 Å². The number of fused-ring (bicyclic) bond motifs is 1. The molecule has 4 atom stereocenters. The minimum Gasteiger partial charge on any atom is -0.423 e. The molecule has 1 aliphatic rings. The van der Waals surface area contributed by atoms with Crippen LogP contribution >= 0.6 is 29.2 Å². The van der Waals surface area contributed by atoms with Crippen LogP contribution in [0.5, 0.6) is 5.75 Å². The summed E-state index contributed by atoms with van der Waals surface area (Å²) in [4.78, 5) is 12.5. The first kappa shape index (κ1) is 27.9. The third kappa shape index (κ3) is 7.53. The highest BCUT2D eigenvalue weighted by molar-refractivity contribution is 8.76. The molecule has 13 heteroatoms. The maximum Gasteiger partial charge on any atom is 0.405 e. The summed E-state index contributed by atoms with van der Waals surface area (Å²) in [6, 6.07) is 19.0. The summed E-state index contributed by atoms with van der Waals surface area (Å²) in [6.45, 7) is 2.74. The Morgan fingerprint density at radius 1 is 1.03 bits per heavy atom. The Morgan fingerprint density at radius 3 is 2.51 bits per heavy atom. The van der Waals surface area contributed by atoms with Crippen LogP contribution in [0.2, 0.25) is 0 Å². The minimum atomic E-state index is -3.74. The molecule has 0 bridgehead atoms. The maximum atomic E-state index is 14.1. The third-order valence-corrected chi connectivity index (χ3v) is 9.91. The molecule has 1 aliphatic heterocycles. The molecule has 0 saturated carbocycles. The second-order valence-corrected chi connectivity index (χ2v) is 13.4. The summed E-state index contributed by atoms with van der Waals surface area (Å²) in [5, 5.41) is 0. The molecule has 0 spiro atoms. The molecule has 0 amide bonds. The van der Waals surface area contributed by atoms with Crippen molar-refractivity contribution in [2.75, 3.05) is 23.6 Å². The molecule has 2 aromatic heterocycles. The molecule has 0 aliphatic carbocycles. The molecule has 3 heterocycles. The second kappa shape index (κ2) is 13.2. The van der Waals surface area contributed by atoms with Gasteiger partial charge in [-0.15, -0.1) is 0 Å². The number of para-hydroxylation sites is 1. The van der Waals surface area contributed by atoms with Gasteiger partial charge in [0, 0.05) is 11.5 Å². The van der Waals surface area contributed by atoms with Crippen LogP contribution in [-0.4, -0.2) is 55.7 Å². The number of ether oxygens (including phenoxy) is 2. The van der Waals surface area contributed by atoms with E-state index in [2.05, 4.69) is 15.0 Å². The van der Waals surface area contributed by atoms with Gasteiger partial charge in [0.1, 0.15) is 23.7 Å². The standard InChI is InChI=1S/C26H30N5O5PS2/c1-19(12-31-17-30-24-25(27)28-16-29-26(24)31)34-18-37(32,35-21-10-6-3-7-11-21)36-23-15-39-38-14-22(23)33-13-20-8-4-2-5-9-20/h2-11,16-17,19,22-23H,12-15,18H2,1H3,(H2,27,28,29)/t19-,22-,23?,37?/m1/s1. The van der Waals surface area contributed by atoms with Gasteiger partial charge in [-0.2, -0.15) is 0 Å². The van der Waals surface area contributed by atoms with E-state index < -0.39 is 13.7 Å². The molecule has 1 saturated heterocycles. The first-order valence-electron chi connectivity index (χ1n) is 12.4. The lowest BCUT2D eigenvalue weighted by molar-refractivity contribution is -0.0192. The zero-order valence-corrected chi connectivity index (χ0v) is 23.9. The quantitative estimate of drug-likeness (QED) is 0.169. The number of imidazole rings is 1. The summed E-state index contributed by atoms with van der Waals surface area (Å²) < 4.78 is 40.4. The zero-order valence-electron chi connectivity index (χ0n) is 21.4. The minimum absolute atomic E-state index is 0.230. The van der Waals surface area contributed by atoms with E-state index in [0.717, 1.165) is 5.56 Å². The van der Waals surface area contributed by atoms with Crippen LogP contribution in [0.3, 0.4) is 0 Å². The molecule has 1 fully saturated rings. The number of benzene rings is 2. The molecule has 5 rings (SSSR count). The Bertz CT molecular complexity index is 1400. The number of nitrogens with two attached hydrogens (primary N) is 1. The normalized spacial score (nSPS) is 19.9. The van der Waals surface area contributed by atoms with Crippen molar-refractivity contribution in [2.24, 2.45) is 0 Å². The van der Waals surface area contributed by atoms with Gasteiger partial charge in [-0.1, -0.05) is 70.1 Å². The van der Waals surface area contributed by atoms with Crippen LogP contribution in [0.4, 0.5) is 5.82 Å². The average Bonchev–Trinajstić information content (AvgIpc) is 3.36. The third-order valence-electron chi connectivity index (χ3n) is 5.95. The first-order chi connectivity index (χ1) is 19.0. The molecule has 10 nitrogen and oxygen atoms in total. The van der Waals surface area contributed by atoms with E-state index in [0.29, 0.717) is 47.4 Å². The Morgan fingerprint density at radius 2 is 1.74 bits per heavy atom. The molecule has 0 radical (unpaired) electrons. The average molecular weight is 588 g/mol. The van der Waals surface area contributed by atoms with Crippen molar-refractivity contribution in [1.82, 2.24) is 19.5 Å². The van der Waals surface area contributed by atoms with E-state index in [-0.39, 0.29) is 18.6 Å². The van der Waals surface area contributed by atoms with Gasteiger partial charge in [-0.05, 0) is 24.6 Å². The smallest absolute Gasteiger partial charge is 0.405 e.